The molecule has 0 spiro atoms. The first-order valence-electron chi connectivity index (χ1n) is 2.95. The third-order valence-electron chi connectivity index (χ3n) is 1.26. The van der Waals surface area contributed by atoms with Gasteiger partial charge in [-0.3, -0.25) is 0 Å². The van der Waals surface area contributed by atoms with E-state index in [1.807, 2.05) is 6.07 Å². The van der Waals surface area contributed by atoms with Crippen molar-refractivity contribution in [1.29, 1.82) is 0 Å². The minimum absolute atomic E-state index is 0.295. The van der Waals surface area contributed by atoms with Gasteiger partial charge in [-0.2, -0.15) is 0 Å². The van der Waals surface area contributed by atoms with Crippen molar-refractivity contribution in [3.63, 3.8) is 0 Å². The van der Waals surface area contributed by atoms with Crippen LogP contribution in [0.1, 0.15) is 5.56 Å². The summed E-state index contributed by atoms with van der Waals surface area (Å²) in [5.41, 5.74) is 1.28. The molecule has 1 aromatic carbocycles. The Bertz CT molecular complexity index is 277. The fraction of sp³-hybridized carbons (Fsp3) is 0.143. The third kappa shape index (κ3) is 2.01. The van der Waals surface area contributed by atoms with Gasteiger partial charge in [0, 0.05) is 5.33 Å². The van der Waals surface area contributed by atoms with Crippen molar-refractivity contribution in [2.24, 2.45) is 5.18 Å². The molecule has 2 nitrogen and oxygen atoms in total. The summed E-state index contributed by atoms with van der Waals surface area (Å²) in [6.07, 6.45) is 0. The largest absolute Gasteiger partial charge is 0.145 e. The predicted molar refractivity (Wildman–Crippen MR) is 49.5 cm³/mol. The summed E-state index contributed by atoms with van der Waals surface area (Å²) in [5.74, 6) is 0. The maximum Gasteiger partial charge on any atom is 0.126 e. The average Bonchev–Trinajstić information content (AvgIpc) is 2.05. The average molecular weight is 234 g/mol. The lowest BCUT2D eigenvalue weighted by Crippen LogP contribution is -1.75. The van der Waals surface area contributed by atoms with Crippen molar-refractivity contribution in [1.82, 2.24) is 0 Å². The molecule has 11 heavy (non-hydrogen) atoms. The SMILES string of the molecule is O=Nc1cc(CBr)ccc1Cl. The fourth-order valence-corrected chi connectivity index (χ4v) is 1.21. The van der Waals surface area contributed by atoms with Crippen LogP contribution < -0.4 is 0 Å². The van der Waals surface area contributed by atoms with E-state index in [9.17, 15) is 4.91 Å². The first-order valence-corrected chi connectivity index (χ1v) is 4.45. The molecule has 0 heterocycles. The van der Waals surface area contributed by atoms with E-state index in [1.54, 1.807) is 12.1 Å². The zero-order valence-corrected chi connectivity index (χ0v) is 7.89. The summed E-state index contributed by atoms with van der Waals surface area (Å²) in [4.78, 5) is 10.1. The fourth-order valence-electron chi connectivity index (χ4n) is 0.711. The maximum absolute atomic E-state index is 10.1. The molecule has 1 rings (SSSR count). The normalized spacial score (nSPS) is 9.64. The van der Waals surface area contributed by atoms with Crippen LogP contribution in [0.25, 0.3) is 0 Å². The van der Waals surface area contributed by atoms with E-state index < -0.39 is 0 Å². The lowest BCUT2D eigenvalue weighted by molar-refractivity contribution is 1.39. The van der Waals surface area contributed by atoms with Gasteiger partial charge in [0.1, 0.15) is 5.69 Å². The monoisotopic (exact) mass is 233 g/mol. The molecule has 0 aliphatic carbocycles. The van der Waals surface area contributed by atoms with Gasteiger partial charge in [0.15, 0.2) is 0 Å². The highest BCUT2D eigenvalue weighted by molar-refractivity contribution is 9.08. The maximum atomic E-state index is 10.1. The quantitative estimate of drug-likeness (QED) is 0.567. The topological polar surface area (TPSA) is 29.4 Å². The number of rotatable bonds is 2. The summed E-state index contributed by atoms with van der Waals surface area (Å²) in [6.45, 7) is 0. The van der Waals surface area contributed by atoms with Gasteiger partial charge < -0.3 is 0 Å². The molecule has 0 unspecified atom stereocenters. The van der Waals surface area contributed by atoms with E-state index in [0.717, 1.165) is 5.56 Å². The predicted octanol–water partition coefficient (Wildman–Crippen LogP) is 3.63. The second-order valence-electron chi connectivity index (χ2n) is 2.01. The van der Waals surface area contributed by atoms with Crippen molar-refractivity contribution in [2.45, 2.75) is 5.33 Å². The first-order chi connectivity index (χ1) is 5.27. The number of halogens is 2. The van der Waals surface area contributed by atoms with Gasteiger partial charge in [0.2, 0.25) is 0 Å². The number of benzene rings is 1. The highest BCUT2D eigenvalue weighted by Crippen LogP contribution is 2.26. The lowest BCUT2D eigenvalue weighted by Gasteiger charge is -1.96. The highest BCUT2D eigenvalue weighted by Gasteiger charge is 2.00. The van der Waals surface area contributed by atoms with Gasteiger partial charge in [-0.25, -0.2) is 0 Å². The number of hydrogen-bond acceptors (Lipinski definition) is 2. The van der Waals surface area contributed by atoms with E-state index >= 15 is 0 Å². The van der Waals surface area contributed by atoms with Crippen LogP contribution >= 0.6 is 27.5 Å². The third-order valence-corrected chi connectivity index (χ3v) is 2.23. The Kier molecular flexibility index (Phi) is 3.02. The molecule has 0 saturated carbocycles. The van der Waals surface area contributed by atoms with Crippen LogP contribution in [0.3, 0.4) is 0 Å². The van der Waals surface area contributed by atoms with Gasteiger partial charge in [-0.05, 0) is 22.9 Å². The Labute approximate surface area is 77.7 Å². The van der Waals surface area contributed by atoms with Crippen molar-refractivity contribution < 1.29 is 0 Å². The molecule has 0 fully saturated rings. The Morgan fingerprint density at radius 2 is 2.27 bits per heavy atom. The van der Waals surface area contributed by atoms with Crippen molar-refractivity contribution in [3.05, 3.63) is 33.7 Å². The number of nitrogens with zero attached hydrogens (tertiary/aromatic N) is 1. The summed E-state index contributed by atoms with van der Waals surface area (Å²) < 4.78 is 0. The van der Waals surface area contributed by atoms with Crippen molar-refractivity contribution in [2.75, 3.05) is 0 Å². The van der Waals surface area contributed by atoms with E-state index in [-0.39, 0.29) is 0 Å². The van der Waals surface area contributed by atoms with Crippen LogP contribution in [-0.4, -0.2) is 0 Å². The lowest BCUT2D eigenvalue weighted by atomic mass is 10.2. The second kappa shape index (κ2) is 3.83. The van der Waals surface area contributed by atoms with Gasteiger partial charge in [0.25, 0.3) is 0 Å². The van der Waals surface area contributed by atoms with Crippen LogP contribution in [0.15, 0.2) is 23.4 Å². The molecule has 0 N–H and O–H groups in total. The van der Waals surface area contributed by atoms with Crippen molar-refractivity contribution in [3.8, 4) is 0 Å². The zero-order chi connectivity index (χ0) is 8.27. The second-order valence-corrected chi connectivity index (χ2v) is 2.98. The molecule has 4 heteroatoms. The molecule has 1 aromatic rings. The Morgan fingerprint density at radius 3 is 2.82 bits per heavy atom. The van der Waals surface area contributed by atoms with Gasteiger partial charge in [-0.1, -0.05) is 33.6 Å². The van der Waals surface area contributed by atoms with Crippen molar-refractivity contribution >= 4 is 33.2 Å². The van der Waals surface area contributed by atoms with Gasteiger partial charge in [-0.15, -0.1) is 4.91 Å². The minimum Gasteiger partial charge on any atom is -0.145 e. The number of nitroso groups, excluding NO2 is 1. The summed E-state index contributed by atoms with van der Waals surface area (Å²) in [5, 5.41) is 3.87. The highest BCUT2D eigenvalue weighted by atomic mass is 79.9. The molecule has 0 saturated heterocycles. The van der Waals surface area contributed by atoms with Crippen LogP contribution in [0.4, 0.5) is 5.69 Å². The van der Waals surface area contributed by atoms with E-state index in [4.69, 9.17) is 11.6 Å². The molecule has 0 aliphatic heterocycles. The molecular weight excluding hydrogens is 229 g/mol. The van der Waals surface area contributed by atoms with Crippen LogP contribution in [0.5, 0.6) is 0 Å². The Hall–Kier alpha value is -0.410. The Morgan fingerprint density at radius 1 is 1.55 bits per heavy atom. The zero-order valence-electron chi connectivity index (χ0n) is 5.55. The number of alkyl halides is 1. The molecular formula is C7H5BrClNO. The van der Waals surface area contributed by atoms with Gasteiger partial charge in [0.05, 0.1) is 5.02 Å². The molecule has 58 valence electrons. The minimum atomic E-state index is 0.295. The standard InChI is InChI=1S/C7H5BrClNO/c8-4-5-1-2-6(9)7(3-5)10-11/h1-3H,4H2. The summed E-state index contributed by atoms with van der Waals surface area (Å²) in [7, 11) is 0. The molecule has 0 radical (unpaired) electrons. The van der Waals surface area contributed by atoms with Crippen LogP contribution in [0, 0.1) is 4.91 Å². The molecule has 0 aromatic heterocycles. The molecule has 0 amide bonds. The van der Waals surface area contributed by atoms with E-state index in [1.165, 1.54) is 0 Å². The smallest absolute Gasteiger partial charge is 0.126 e. The van der Waals surface area contributed by atoms with E-state index in [0.29, 0.717) is 16.0 Å². The van der Waals surface area contributed by atoms with Crippen LogP contribution in [0.2, 0.25) is 5.02 Å². The Balaban J connectivity index is 3.12. The number of hydrogen-bond donors (Lipinski definition) is 0. The summed E-state index contributed by atoms with van der Waals surface area (Å²) >= 11 is 8.90. The van der Waals surface area contributed by atoms with E-state index in [2.05, 4.69) is 21.1 Å². The summed E-state index contributed by atoms with van der Waals surface area (Å²) in [6, 6.07) is 5.16. The first kappa shape index (κ1) is 8.68. The molecule has 0 aliphatic rings. The molecule has 0 atom stereocenters. The van der Waals surface area contributed by atoms with Gasteiger partial charge >= 0.3 is 0 Å². The van der Waals surface area contributed by atoms with Crippen LogP contribution in [-0.2, 0) is 5.33 Å². The molecule has 0 bridgehead atoms.